The predicted octanol–water partition coefficient (Wildman–Crippen LogP) is 4.06. The zero-order chi connectivity index (χ0) is 24.8. The fourth-order valence-electron chi connectivity index (χ4n) is 3.64. The number of rotatable bonds is 8. The average molecular weight is 530 g/mol. The number of carbonyl (C=O) groups is 2. The normalized spacial score (nSPS) is 13.9. The maximum Gasteiger partial charge on any atom is 0.289 e. The number of likely N-dealkylation sites (tertiary alicyclic amines) is 1. The first-order valence-electron chi connectivity index (χ1n) is 10.9. The first-order chi connectivity index (χ1) is 17.0. The maximum absolute atomic E-state index is 13.1. The summed E-state index contributed by atoms with van der Waals surface area (Å²) in [5, 5.41) is 12.8. The Morgan fingerprint density at radius 3 is 2.83 bits per heavy atom. The molecule has 4 rings (SSSR count). The minimum Gasteiger partial charge on any atom is -0.339 e. The van der Waals surface area contributed by atoms with Gasteiger partial charge in [0, 0.05) is 43.4 Å². The van der Waals surface area contributed by atoms with Gasteiger partial charge in [0.05, 0.1) is 10.6 Å². The van der Waals surface area contributed by atoms with Crippen LogP contribution in [0.3, 0.4) is 0 Å². The Kier molecular flexibility index (Phi) is 8.32. The molecule has 0 saturated carbocycles. The second kappa shape index (κ2) is 11.6. The summed E-state index contributed by atoms with van der Waals surface area (Å²) >= 11 is 8.73. The number of hydrazine groups is 1. The quantitative estimate of drug-likeness (QED) is 0.264. The summed E-state index contributed by atoms with van der Waals surface area (Å²) in [7, 11) is 1.67. The molecule has 182 valence electrons. The zero-order valence-corrected chi connectivity index (χ0v) is 21.4. The van der Waals surface area contributed by atoms with Gasteiger partial charge in [0.2, 0.25) is 0 Å². The minimum absolute atomic E-state index is 0.00402. The van der Waals surface area contributed by atoms with Crippen molar-refractivity contribution in [2.45, 2.75) is 23.8 Å². The number of hydrogen-bond donors (Lipinski definition) is 1. The smallest absolute Gasteiger partial charge is 0.289 e. The molecule has 0 unspecified atom stereocenters. The number of thiazole rings is 1. The van der Waals surface area contributed by atoms with Crippen LogP contribution in [0.25, 0.3) is 0 Å². The van der Waals surface area contributed by atoms with E-state index in [-0.39, 0.29) is 22.9 Å². The number of pyridine rings is 1. The Bertz CT molecular complexity index is 1200. The number of hydrogen-bond acceptors (Lipinski definition) is 9. The van der Waals surface area contributed by atoms with Gasteiger partial charge in [-0.1, -0.05) is 17.7 Å². The molecule has 3 aromatic rings. The van der Waals surface area contributed by atoms with Crippen molar-refractivity contribution in [2.75, 3.05) is 30.9 Å². The molecule has 0 aromatic carbocycles. The summed E-state index contributed by atoms with van der Waals surface area (Å²) in [6, 6.07) is 6.87. The fourth-order valence-corrected chi connectivity index (χ4v) is 5.43. The summed E-state index contributed by atoms with van der Waals surface area (Å²) in [6.07, 6.45) is 5.07. The number of carbonyl (C=O) groups excluding carboxylic acids is 2. The van der Waals surface area contributed by atoms with Crippen molar-refractivity contribution in [1.29, 1.82) is 0 Å². The van der Waals surface area contributed by atoms with E-state index in [0.717, 1.165) is 22.9 Å². The highest BCUT2D eigenvalue weighted by atomic mass is 35.5. The maximum atomic E-state index is 13.1. The van der Waals surface area contributed by atoms with Crippen LogP contribution in [0, 0.1) is 0 Å². The molecule has 0 spiro atoms. The predicted molar refractivity (Wildman–Crippen MR) is 138 cm³/mol. The van der Waals surface area contributed by atoms with Crippen molar-refractivity contribution < 1.29 is 9.59 Å². The third-order valence-electron chi connectivity index (χ3n) is 5.46. The molecule has 9 nitrogen and oxygen atoms in total. The highest BCUT2D eigenvalue weighted by molar-refractivity contribution is 7.99. The van der Waals surface area contributed by atoms with Gasteiger partial charge in [-0.15, -0.1) is 39.9 Å². The SMILES string of the molecule is C=CCSc1ncccc1C(=O)N1CCC(c2nc(C(=O)NN(C)c3ccc(Cl)nn3)cs2)CC1. The van der Waals surface area contributed by atoms with Crippen molar-refractivity contribution >= 4 is 52.3 Å². The molecule has 1 N–H and O–H groups in total. The van der Waals surface area contributed by atoms with Gasteiger partial charge >= 0.3 is 0 Å². The summed E-state index contributed by atoms with van der Waals surface area (Å²) in [6.45, 7) is 4.99. The molecule has 1 aliphatic heterocycles. The van der Waals surface area contributed by atoms with E-state index in [0.29, 0.717) is 35.9 Å². The van der Waals surface area contributed by atoms with E-state index in [1.54, 1.807) is 42.9 Å². The Balaban J connectivity index is 1.34. The van der Waals surface area contributed by atoms with Gasteiger partial charge in [-0.05, 0) is 37.1 Å². The number of piperidine rings is 1. The van der Waals surface area contributed by atoms with Crippen molar-refractivity contribution in [3.63, 3.8) is 0 Å². The van der Waals surface area contributed by atoms with E-state index < -0.39 is 0 Å². The van der Waals surface area contributed by atoms with E-state index in [2.05, 4.69) is 32.2 Å². The number of aromatic nitrogens is 4. The Morgan fingerprint density at radius 1 is 1.31 bits per heavy atom. The number of halogens is 1. The van der Waals surface area contributed by atoms with Crippen LogP contribution in [-0.2, 0) is 0 Å². The van der Waals surface area contributed by atoms with Crippen LogP contribution in [0.15, 0.2) is 53.5 Å². The van der Waals surface area contributed by atoms with E-state index in [1.807, 2.05) is 11.0 Å². The van der Waals surface area contributed by atoms with Crippen LogP contribution >= 0.6 is 34.7 Å². The lowest BCUT2D eigenvalue weighted by Crippen LogP contribution is -2.40. The van der Waals surface area contributed by atoms with Gasteiger partial charge in [0.15, 0.2) is 11.0 Å². The highest BCUT2D eigenvalue weighted by Crippen LogP contribution is 2.31. The van der Waals surface area contributed by atoms with Gasteiger partial charge in [0.1, 0.15) is 10.7 Å². The number of anilines is 1. The van der Waals surface area contributed by atoms with Crippen LogP contribution in [-0.4, -0.2) is 62.8 Å². The average Bonchev–Trinajstić information content (AvgIpc) is 3.38. The summed E-state index contributed by atoms with van der Waals surface area (Å²) in [5.41, 5.74) is 3.70. The number of thioether (sulfide) groups is 1. The summed E-state index contributed by atoms with van der Waals surface area (Å²) in [5.74, 6) is 1.02. The van der Waals surface area contributed by atoms with E-state index in [1.165, 1.54) is 28.1 Å². The molecule has 4 heterocycles. The Morgan fingerprint density at radius 2 is 2.11 bits per heavy atom. The molecule has 12 heteroatoms. The van der Waals surface area contributed by atoms with Gasteiger partial charge in [0.25, 0.3) is 11.8 Å². The third kappa shape index (κ3) is 6.16. The van der Waals surface area contributed by atoms with Crippen LogP contribution in [0.5, 0.6) is 0 Å². The molecule has 0 bridgehead atoms. The zero-order valence-electron chi connectivity index (χ0n) is 19.1. The molecule has 3 aromatic heterocycles. The van der Waals surface area contributed by atoms with Crippen LogP contribution in [0.4, 0.5) is 5.82 Å². The molecule has 0 aliphatic carbocycles. The fraction of sp³-hybridized carbons (Fsp3) is 0.304. The van der Waals surface area contributed by atoms with Gasteiger partial charge in [-0.3, -0.25) is 20.0 Å². The molecule has 35 heavy (non-hydrogen) atoms. The Labute approximate surface area is 216 Å². The molecular formula is C23H24ClN7O2S2. The van der Waals surface area contributed by atoms with Gasteiger partial charge in [-0.2, -0.15) is 0 Å². The van der Waals surface area contributed by atoms with Gasteiger partial charge in [-0.25, -0.2) is 9.97 Å². The molecule has 2 amide bonds. The molecule has 1 aliphatic rings. The molecule has 1 fully saturated rings. The Hall–Kier alpha value is -3.02. The lowest BCUT2D eigenvalue weighted by atomic mass is 9.97. The molecule has 1 saturated heterocycles. The van der Waals surface area contributed by atoms with E-state index >= 15 is 0 Å². The second-order valence-electron chi connectivity index (χ2n) is 7.81. The molecule has 0 radical (unpaired) electrons. The third-order valence-corrected chi connectivity index (χ3v) is 7.67. The lowest BCUT2D eigenvalue weighted by Gasteiger charge is -2.31. The minimum atomic E-state index is -0.333. The largest absolute Gasteiger partial charge is 0.339 e. The molecular weight excluding hydrogens is 506 g/mol. The van der Waals surface area contributed by atoms with Crippen molar-refractivity contribution in [1.82, 2.24) is 30.5 Å². The lowest BCUT2D eigenvalue weighted by molar-refractivity contribution is 0.0708. The number of nitrogens with zero attached hydrogens (tertiary/aromatic N) is 6. The van der Waals surface area contributed by atoms with Crippen LogP contribution in [0.1, 0.15) is 44.6 Å². The van der Waals surface area contributed by atoms with Crippen LogP contribution < -0.4 is 10.4 Å². The van der Waals surface area contributed by atoms with Gasteiger partial charge < -0.3 is 4.90 Å². The van der Waals surface area contributed by atoms with Crippen molar-refractivity contribution in [3.8, 4) is 0 Å². The monoisotopic (exact) mass is 529 g/mol. The highest BCUT2D eigenvalue weighted by Gasteiger charge is 2.28. The second-order valence-corrected chi connectivity index (χ2v) is 10.1. The topological polar surface area (TPSA) is 104 Å². The first-order valence-corrected chi connectivity index (χ1v) is 13.2. The number of amides is 2. The van der Waals surface area contributed by atoms with E-state index in [9.17, 15) is 9.59 Å². The van der Waals surface area contributed by atoms with Crippen molar-refractivity contribution in [2.24, 2.45) is 0 Å². The first kappa shape index (κ1) is 25.1. The molecule has 0 atom stereocenters. The van der Waals surface area contributed by atoms with Crippen LogP contribution in [0.2, 0.25) is 5.15 Å². The summed E-state index contributed by atoms with van der Waals surface area (Å²) in [4.78, 5) is 36.6. The standard InChI is InChI=1S/C23H24ClN7O2S2/c1-3-13-34-22-16(5-4-10-25-22)23(33)31-11-8-15(9-12-31)21-26-17(14-35-21)20(32)29-30(2)19-7-6-18(24)27-28-19/h3-7,10,14-15H,1,8-9,11-13H2,2H3,(H,29,32). The number of nitrogens with one attached hydrogen (secondary N) is 1. The summed E-state index contributed by atoms with van der Waals surface area (Å²) < 4.78 is 0. The van der Waals surface area contributed by atoms with E-state index in [4.69, 9.17) is 11.6 Å². The van der Waals surface area contributed by atoms with Crippen molar-refractivity contribution in [3.05, 3.63) is 69.9 Å².